The van der Waals surface area contributed by atoms with Crippen LogP contribution >= 0.6 is 15.9 Å². The first-order valence-corrected chi connectivity index (χ1v) is 8.75. The van der Waals surface area contributed by atoms with Gasteiger partial charge in [-0.3, -0.25) is 19.8 Å². The monoisotopic (exact) mass is 387 g/mol. The Morgan fingerprint density at radius 3 is 2.62 bits per heavy atom. The summed E-state index contributed by atoms with van der Waals surface area (Å²) in [5.41, 5.74) is 2.87. The number of Topliss-reactive ketones (excluding diaryl/α,β-unsaturated/α-hetero) is 1. The van der Waals surface area contributed by atoms with Crippen molar-refractivity contribution < 1.29 is 4.79 Å². The molecule has 5 nitrogen and oxygen atoms in total. The van der Waals surface area contributed by atoms with Crippen molar-refractivity contribution in [3.63, 3.8) is 0 Å². The number of aromatic nitrogens is 2. The fourth-order valence-electron chi connectivity index (χ4n) is 3.84. The third-order valence-electron chi connectivity index (χ3n) is 4.80. The molecular weight excluding hydrogens is 370 g/mol. The van der Waals surface area contributed by atoms with Gasteiger partial charge in [0.2, 0.25) is 0 Å². The molecule has 0 saturated carbocycles. The van der Waals surface area contributed by atoms with Crippen molar-refractivity contribution in [1.29, 1.82) is 0 Å². The zero-order valence-electron chi connectivity index (χ0n) is 13.5. The maximum Gasteiger partial charge on any atom is 0.270 e. The van der Waals surface area contributed by atoms with Crippen LogP contribution in [0.1, 0.15) is 43.7 Å². The van der Waals surface area contributed by atoms with Gasteiger partial charge in [-0.1, -0.05) is 48.0 Å². The van der Waals surface area contributed by atoms with Crippen LogP contribution in [-0.2, 0) is 4.79 Å². The number of fused-ring (bicyclic) bond motifs is 1. The Morgan fingerprint density at radius 2 is 1.88 bits per heavy atom. The smallest absolute Gasteiger partial charge is 0.270 e. The minimum Gasteiger partial charge on any atom is -0.343 e. The van der Waals surface area contributed by atoms with Crippen LogP contribution in [0.25, 0.3) is 0 Å². The first-order chi connectivity index (χ1) is 11.4. The minimum atomic E-state index is -0.356. The van der Waals surface area contributed by atoms with E-state index in [1.807, 2.05) is 24.3 Å². The number of aromatic amines is 2. The normalized spacial score (nSPS) is 22.0. The number of ketones is 1. The molecule has 3 N–H and O–H groups in total. The number of anilines is 1. The average Bonchev–Trinajstić information content (AvgIpc) is 2.86. The highest BCUT2D eigenvalue weighted by molar-refractivity contribution is 9.10. The lowest BCUT2D eigenvalue weighted by atomic mass is 9.69. The number of nitrogens with one attached hydrogen (secondary N) is 3. The number of H-pyrrole nitrogens is 2. The highest BCUT2D eigenvalue weighted by Crippen LogP contribution is 2.48. The van der Waals surface area contributed by atoms with Gasteiger partial charge in [0.1, 0.15) is 5.82 Å². The topological polar surface area (TPSA) is 77.8 Å². The molecule has 1 aromatic heterocycles. The standard InChI is InChI=1S/C18H18BrN3O2/c1-18(2)7-11-14(12(23)8-18)13(9-5-3-4-6-10(9)19)15-16(20-11)21-22-17(15)24/h3-6,13H,7-8H2,1-2H3,(H3,20,21,22,24)/t13-/m0/s1. The number of halogens is 1. The van der Waals surface area contributed by atoms with Crippen molar-refractivity contribution in [3.05, 3.63) is 61.5 Å². The maximum atomic E-state index is 12.9. The summed E-state index contributed by atoms with van der Waals surface area (Å²) in [7, 11) is 0. The summed E-state index contributed by atoms with van der Waals surface area (Å²) in [4.78, 5) is 25.3. The number of allylic oxidation sites excluding steroid dienone is 2. The van der Waals surface area contributed by atoms with Gasteiger partial charge in [0.15, 0.2) is 5.78 Å². The third kappa shape index (κ3) is 2.28. The van der Waals surface area contributed by atoms with Crippen LogP contribution in [0, 0.1) is 5.41 Å². The predicted octanol–water partition coefficient (Wildman–Crippen LogP) is 3.67. The average molecular weight is 388 g/mol. The molecule has 24 heavy (non-hydrogen) atoms. The van der Waals surface area contributed by atoms with Gasteiger partial charge in [0, 0.05) is 28.1 Å². The van der Waals surface area contributed by atoms with Crippen molar-refractivity contribution in [2.45, 2.75) is 32.6 Å². The van der Waals surface area contributed by atoms with E-state index in [9.17, 15) is 9.59 Å². The molecule has 0 radical (unpaired) electrons. The Balaban J connectivity index is 1.99. The molecule has 2 heterocycles. The predicted molar refractivity (Wildman–Crippen MR) is 96.1 cm³/mol. The van der Waals surface area contributed by atoms with Crippen molar-refractivity contribution >= 4 is 27.5 Å². The lowest BCUT2D eigenvalue weighted by molar-refractivity contribution is -0.118. The molecule has 0 amide bonds. The molecule has 2 aromatic rings. The molecule has 2 aliphatic rings. The fourth-order valence-corrected chi connectivity index (χ4v) is 4.35. The van der Waals surface area contributed by atoms with Gasteiger partial charge in [0.25, 0.3) is 5.56 Å². The van der Waals surface area contributed by atoms with E-state index in [0.29, 0.717) is 17.8 Å². The van der Waals surface area contributed by atoms with Crippen LogP contribution in [0.4, 0.5) is 5.82 Å². The summed E-state index contributed by atoms with van der Waals surface area (Å²) in [5, 5.41) is 8.84. The van der Waals surface area contributed by atoms with Gasteiger partial charge in [-0.2, -0.15) is 0 Å². The second-order valence-corrected chi connectivity index (χ2v) is 8.13. The van der Waals surface area contributed by atoms with E-state index in [2.05, 4.69) is 45.3 Å². The van der Waals surface area contributed by atoms with Gasteiger partial charge < -0.3 is 5.32 Å². The molecule has 4 rings (SSSR count). The highest BCUT2D eigenvalue weighted by Gasteiger charge is 2.42. The summed E-state index contributed by atoms with van der Waals surface area (Å²) < 4.78 is 0.896. The number of benzene rings is 1. The van der Waals surface area contributed by atoms with Crippen LogP contribution in [0.5, 0.6) is 0 Å². The van der Waals surface area contributed by atoms with E-state index in [1.165, 1.54) is 0 Å². The molecule has 1 aromatic carbocycles. The van der Waals surface area contributed by atoms with Crippen LogP contribution in [-0.4, -0.2) is 16.0 Å². The van der Waals surface area contributed by atoms with E-state index in [-0.39, 0.29) is 22.7 Å². The number of carbonyl (C=O) groups is 1. The number of rotatable bonds is 1. The maximum absolute atomic E-state index is 12.9. The molecule has 0 fully saturated rings. The van der Waals surface area contributed by atoms with Crippen LogP contribution < -0.4 is 10.9 Å². The molecule has 0 unspecified atom stereocenters. The molecular formula is C18H18BrN3O2. The van der Waals surface area contributed by atoms with E-state index in [1.54, 1.807) is 0 Å². The summed E-state index contributed by atoms with van der Waals surface area (Å²) in [6.07, 6.45) is 1.27. The van der Waals surface area contributed by atoms with Crippen molar-refractivity contribution in [3.8, 4) is 0 Å². The lowest BCUT2D eigenvalue weighted by Crippen LogP contribution is -2.35. The Bertz CT molecular complexity index is 936. The third-order valence-corrected chi connectivity index (χ3v) is 5.53. The lowest BCUT2D eigenvalue weighted by Gasteiger charge is -2.38. The molecule has 124 valence electrons. The SMILES string of the molecule is CC1(C)CC(=O)C2=C(C1)Nc1[nH][nH]c(=O)c1[C@H]2c1ccccc1Br. The Hall–Kier alpha value is -2.08. The first-order valence-electron chi connectivity index (χ1n) is 7.95. The van der Waals surface area contributed by atoms with Crippen LogP contribution in [0.15, 0.2) is 44.8 Å². The van der Waals surface area contributed by atoms with Gasteiger partial charge in [-0.15, -0.1) is 0 Å². The van der Waals surface area contributed by atoms with Gasteiger partial charge >= 0.3 is 0 Å². The van der Waals surface area contributed by atoms with E-state index >= 15 is 0 Å². The summed E-state index contributed by atoms with van der Waals surface area (Å²) in [5.74, 6) is 0.413. The van der Waals surface area contributed by atoms with E-state index < -0.39 is 0 Å². The van der Waals surface area contributed by atoms with Crippen molar-refractivity contribution in [2.24, 2.45) is 5.41 Å². The van der Waals surface area contributed by atoms with Gasteiger partial charge in [-0.25, -0.2) is 0 Å². The number of hydrogen-bond acceptors (Lipinski definition) is 3. The zero-order valence-corrected chi connectivity index (χ0v) is 15.1. The summed E-state index contributed by atoms with van der Waals surface area (Å²) in [6, 6.07) is 7.77. The largest absolute Gasteiger partial charge is 0.343 e. The Labute approximate surface area is 147 Å². The second kappa shape index (κ2) is 5.21. The number of carbonyl (C=O) groups excluding carboxylic acids is 1. The highest BCUT2D eigenvalue weighted by atomic mass is 79.9. The van der Waals surface area contributed by atoms with Gasteiger partial charge in [0.05, 0.1) is 5.56 Å². The van der Waals surface area contributed by atoms with Crippen molar-refractivity contribution in [2.75, 3.05) is 5.32 Å². The molecule has 1 atom stereocenters. The van der Waals surface area contributed by atoms with E-state index in [0.717, 1.165) is 27.7 Å². The molecule has 6 heteroatoms. The first kappa shape index (κ1) is 15.4. The second-order valence-electron chi connectivity index (χ2n) is 7.28. The zero-order chi connectivity index (χ0) is 17.1. The molecule has 0 bridgehead atoms. The van der Waals surface area contributed by atoms with Crippen LogP contribution in [0.3, 0.4) is 0 Å². The molecule has 0 saturated heterocycles. The minimum absolute atomic E-state index is 0.0878. The molecule has 0 spiro atoms. The fraction of sp³-hybridized carbons (Fsp3) is 0.333. The Kier molecular flexibility index (Phi) is 3.35. The molecule has 1 aliphatic heterocycles. The van der Waals surface area contributed by atoms with Crippen LogP contribution in [0.2, 0.25) is 0 Å². The Morgan fingerprint density at radius 1 is 1.12 bits per heavy atom. The summed E-state index contributed by atoms with van der Waals surface area (Å²) in [6.45, 7) is 4.19. The number of hydrogen-bond donors (Lipinski definition) is 3. The quantitative estimate of drug-likeness (QED) is 0.698. The van der Waals surface area contributed by atoms with E-state index in [4.69, 9.17) is 0 Å². The van der Waals surface area contributed by atoms with Crippen molar-refractivity contribution in [1.82, 2.24) is 10.2 Å². The summed E-state index contributed by atoms with van der Waals surface area (Å²) >= 11 is 3.58. The van der Waals surface area contributed by atoms with Gasteiger partial charge in [-0.05, 0) is 23.5 Å². The molecule has 1 aliphatic carbocycles.